The molecule has 0 radical (unpaired) electrons. The summed E-state index contributed by atoms with van der Waals surface area (Å²) in [6, 6.07) is 3.85. The van der Waals surface area contributed by atoms with Crippen molar-refractivity contribution in [3.8, 4) is 11.5 Å². The minimum Gasteiger partial charge on any atom is -0.492 e. The lowest BCUT2D eigenvalue weighted by molar-refractivity contribution is -0.132. The Balaban J connectivity index is 1.62. The number of fused-ring (bicyclic) bond motifs is 1. The van der Waals surface area contributed by atoms with Gasteiger partial charge in [0.25, 0.3) is 11.8 Å². The van der Waals surface area contributed by atoms with Gasteiger partial charge in [-0.25, -0.2) is 13.6 Å². The SMILES string of the molecule is CN1C(=O)[C@@H](NC(=O)O)COc2ccc(OCCN3CC(F)(F)C3)cc21. The van der Waals surface area contributed by atoms with Crippen LogP contribution in [0.15, 0.2) is 18.2 Å². The molecule has 8 nitrogen and oxygen atoms in total. The van der Waals surface area contributed by atoms with Gasteiger partial charge in [-0.15, -0.1) is 0 Å². The average molecular weight is 371 g/mol. The number of nitrogens with zero attached hydrogens (tertiary/aromatic N) is 2. The van der Waals surface area contributed by atoms with Crippen molar-refractivity contribution in [1.82, 2.24) is 10.2 Å². The van der Waals surface area contributed by atoms with Gasteiger partial charge in [-0.1, -0.05) is 0 Å². The normalized spacial score (nSPS) is 21.9. The van der Waals surface area contributed by atoms with Crippen molar-refractivity contribution in [2.45, 2.75) is 12.0 Å². The van der Waals surface area contributed by atoms with Gasteiger partial charge in [-0.2, -0.15) is 0 Å². The number of halogens is 2. The molecule has 1 fully saturated rings. The van der Waals surface area contributed by atoms with Crippen molar-refractivity contribution in [3.63, 3.8) is 0 Å². The van der Waals surface area contributed by atoms with Gasteiger partial charge in [0.05, 0.1) is 18.8 Å². The Morgan fingerprint density at radius 1 is 1.46 bits per heavy atom. The van der Waals surface area contributed by atoms with Crippen LogP contribution >= 0.6 is 0 Å². The predicted octanol–water partition coefficient (Wildman–Crippen LogP) is 1.01. The fraction of sp³-hybridized carbons (Fsp3) is 0.500. The van der Waals surface area contributed by atoms with Crippen molar-refractivity contribution in [2.24, 2.45) is 0 Å². The van der Waals surface area contributed by atoms with Crippen LogP contribution in [0.3, 0.4) is 0 Å². The topological polar surface area (TPSA) is 91.3 Å². The van der Waals surface area contributed by atoms with Gasteiger partial charge in [-0.3, -0.25) is 9.69 Å². The molecule has 10 heteroatoms. The van der Waals surface area contributed by atoms with Crippen molar-refractivity contribution < 1.29 is 33.0 Å². The number of carbonyl (C=O) groups excluding carboxylic acids is 1. The summed E-state index contributed by atoms with van der Waals surface area (Å²) in [6.07, 6.45) is -1.31. The summed E-state index contributed by atoms with van der Waals surface area (Å²) in [7, 11) is 1.51. The van der Waals surface area contributed by atoms with Crippen molar-refractivity contribution >= 4 is 17.7 Å². The van der Waals surface area contributed by atoms with E-state index in [1.807, 2.05) is 0 Å². The lowest BCUT2D eigenvalue weighted by Crippen LogP contribution is -2.56. The Hall–Kier alpha value is -2.62. The highest BCUT2D eigenvalue weighted by molar-refractivity contribution is 6.00. The molecule has 1 aromatic rings. The number of ether oxygens (including phenoxy) is 2. The zero-order valence-corrected chi connectivity index (χ0v) is 14.1. The van der Waals surface area contributed by atoms with Crippen molar-refractivity contribution in [3.05, 3.63) is 18.2 Å². The number of benzene rings is 1. The first-order chi connectivity index (χ1) is 12.2. The molecule has 2 aliphatic heterocycles. The molecule has 0 saturated carbocycles. The summed E-state index contributed by atoms with van der Waals surface area (Å²) in [5, 5.41) is 10.9. The first-order valence-corrected chi connectivity index (χ1v) is 8.02. The first kappa shape index (κ1) is 18.2. The van der Waals surface area contributed by atoms with Crippen molar-refractivity contribution in [2.75, 3.05) is 44.8 Å². The summed E-state index contributed by atoms with van der Waals surface area (Å²) >= 11 is 0. The fourth-order valence-corrected chi connectivity index (χ4v) is 2.88. The van der Waals surface area contributed by atoms with Gasteiger partial charge in [-0.05, 0) is 12.1 Å². The van der Waals surface area contributed by atoms with Gasteiger partial charge in [0, 0.05) is 19.7 Å². The number of amides is 2. The second-order valence-electron chi connectivity index (χ2n) is 6.25. The zero-order chi connectivity index (χ0) is 18.9. The van der Waals surface area contributed by atoms with Crippen LogP contribution in [0.25, 0.3) is 0 Å². The highest BCUT2D eigenvalue weighted by atomic mass is 19.3. The first-order valence-electron chi connectivity index (χ1n) is 8.02. The standard InChI is InChI=1S/C16H19F2N3O5/c1-20-12-6-10(25-5-4-21-8-16(17,18)9-21)2-3-13(12)26-7-11(14(20)22)19-15(23)24/h2-3,6,11,19H,4-5,7-9H2,1H3,(H,23,24)/t11-/m0/s1. The maximum Gasteiger partial charge on any atom is 0.405 e. The minimum atomic E-state index is -2.61. The van der Waals surface area contributed by atoms with E-state index in [4.69, 9.17) is 14.6 Å². The van der Waals surface area contributed by atoms with Crippen LogP contribution in [-0.4, -0.2) is 73.9 Å². The van der Waals surface area contributed by atoms with Gasteiger partial charge >= 0.3 is 6.09 Å². The summed E-state index contributed by atoms with van der Waals surface area (Å²) in [4.78, 5) is 26.0. The fourth-order valence-electron chi connectivity index (χ4n) is 2.88. The molecule has 0 aliphatic carbocycles. The van der Waals surface area contributed by atoms with E-state index >= 15 is 0 Å². The van der Waals surface area contributed by atoms with E-state index < -0.39 is 24.0 Å². The molecule has 0 unspecified atom stereocenters. The zero-order valence-electron chi connectivity index (χ0n) is 14.1. The minimum absolute atomic E-state index is 0.119. The maximum absolute atomic E-state index is 12.8. The monoisotopic (exact) mass is 371 g/mol. The number of hydrogen-bond acceptors (Lipinski definition) is 5. The van der Waals surface area contributed by atoms with E-state index in [1.165, 1.54) is 11.9 Å². The van der Waals surface area contributed by atoms with Crippen molar-refractivity contribution in [1.29, 1.82) is 0 Å². The maximum atomic E-state index is 12.8. The number of alkyl halides is 2. The molecule has 2 aliphatic rings. The Labute approximate surface area is 148 Å². The number of rotatable bonds is 5. The number of nitrogens with one attached hydrogen (secondary N) is 1. The van der Waals surface area contributed by atoms with Crippen LogP contribution in [0.5, 0.6) is 11.5 Å². The van der Waals surface area contributed by atoms with E-state index in [0.717, 1.165) is 0 Å². The molecule has 0 aromatic heterocycles. The Morgan fingerprint density at radius 2 is 2.19 bits per heavy atom. The number of hydrogen-bond donors (Lipinski definition) is 2. The number of carboxylic acid groups (broad SMARTS) is 1. The Kier molecular flexibility index (Phi) is 4.86. The second kappa shape index (κ2) is 6.94. The highest BCUT2D eigenvalue weighted by Gasteiger charge is 2.43. The molecule has 3 rings (SSSR count). The largest absolute Gasteiger partial charge is 0.492 e. The molecule has 2 N–H and O–H groups in total. The Bertz CT molecular complexity index is 707. The van der Waals surface area contributed by atoms with Gasteiger partial charge in [0.2, 0.25) is 0 Å². The van der Waals surface area contributed by atoms with Gasteiger partial charge in [0.1, 0.15) is 30.8 Å². The van der Waals surface area contributed by atoms with Crippen LogP contribution in [0.4, 0.5) is 19.3 Å². The molecule has 2 heterocycles. The molecule has 1 saturated heterocycles. The highest BCUT2D eigenvalue weighted by Crippen LogP contribution is 2.34. The number of likely N-dealkylation sites (N-methyl/N-ethyl adjacent to an activating group) is 1. The molecule has 1 aromatic carbocycles. The van der Waals surface area contributed by atoms with Crippen LogP contribution in [0.1, 0.15) is 0 Å². The molecule has 26 heavy (non-hydrogen) atoms. The van der Waals surface area contributed by atoms with E-state index in [1.54, 1.807) is 23.1 Å². The quantitative estimate of drug-likeness (QED) is 0.803. The van der Waals surface area contributed by atoms with E-state index in [-0.39, 0.29) is 26.3 Å². The molecule has 0 spiro atoms. The predicted molar refractivity (Wildman–Crippen MR) is 87.2 cm³/mol. The van der Waals surface area contributed by atoms with Crippen LogP contribution in [0.2, 0.25) is 0 Å². The lowest BCUT2D eigenvalue weighted by atomic mass is 10.1. The number of likely N-dealkylation sites (tertiary alicyclic amines) is 1. The third-order valence-corrected chi connectivity index (χ3v) is 4.21. The van der Waals surface area contributed by atoms with E-state index in [9.17, 15) is 18.4 Å². The van der Waals surface area contributed by atoms with E-state index in [0.29, 0.717) is 23.7 Å². The van der Waals surface area contributed by atoms with Gasteiger partial charge in [0.15, 0.2) is 0 Å². The summed E-state index contributed by atoms with van der Waals surface area (Å²) in [6.45, 7) is -0.0296. The number of anilines is 1. The van der Waals surface area contributed by atoms with Gasteiger partial charge < -0.3 is 24.8 Å². The third-order valence-electron chi connectivity index (χ3n) is 4.21. The summed E-state index contributed by atoms with van der Waals surface area (Å²) in [5.74, 6) is -2.18. The molecule has 142 valence electrons. The lowest BCUT2D eigenvalue weighted by Gasteiger charge is -2.38. The van der Waals surface area contributed by atoms with Crippen LogP contribution < -0.4 is 19.7 Å². The molecular formula is C16H19F2N3O5. The summed E-state index contributed by atoms with van der Waals surface area (Å²) in [5.41, 5.74) is 0.442. The van der Waals surface area contributed by atoms with Crippen LogP contribution in [-0.2, 0) is 4.79 Å². The van der Waals surface area contributed by atoms with E-state index in [2.05, 4.69) is 5.32 Å². The molecule has 0 bridgehead atoms. The smallest absolute Gasteiger partial charge is 0.405 e. The number of carbonyl (C=O) groups is 2. The second-order valence-corrected chi connectivity index (χ2v) is 6.25. The van der Waals surface area contributed by atoms with Crippen LogP contribution in [0, 0.1) is 0 Å². The molecule has 1 atom stereocenters. The third kappa shape index (κ3) is 3.96. The average Bonchev–Trinajstić information content (AvgIpc) is 2.65. The Morgan fingerprint density at radius 3 is 2.85 bits per heavy atom. The molecular weight excluding hydrogens is 352 g/mol. The summed E-state index contributed by atoms with van der Waals surface area (Å²) < 4.78 is 36.6. The molecule has 2 amide bonds.